The number of imidazole rings is 1. The average molecular weight is 231 g/mol. The molecule has 0 aliphatic carbocycles. The van der Waals surface area contributed by atoms with Crippen molar-refractivity contribution in [2.45, 2.75) is 38.5 Å². The van der Waals surface area contributed by atoms with E-state index in [-0.39, 0.29) is 6.04 Å². The van der Waals surface area contributed by atoms with Gasteiger partial charge in [0, 0.05) is 12.4 Å². The summed E-state index contributed by atoms with van der Waals surface area (Å²) in [6.07, 6.45) is 3.96. The fourth-order valence-corrected chi connectivity index (χ4v) is 2.08. The normalized spacial score (nSPS) is 14.4. The summed E-state index contributed by atoms with van der Waals surface area (Å²) in [5.74, 6) is 0.654. The van der Waals surface area contributed by atoms with Gasteiger partial charge in [0.1, 0.15) is 5.82 Å². The summed E-state index contributed by atoms with van der Waals surface area (Å²) in [5.41, 5.74) is 0. The Morgan fingerprint density at radius 2 is 2.20 bits per heavy atom. The van der Waals surface area contributed by atoms with E-state index in [0.29, 0.717) is 12.2 Å². The minimum Gasteiger partial charge on any atom is -0.347 e. The van der Waals surface area contributed by atoms with Crippen LogP contribution in [-0.2, 0) is 10.0 Å². The van der Waals surface area contributed by atoms with Crippen molar-refractivity contribution in [3.8, 4) is 0 Å². The van der Waals surface area contributed by atoms with E-state index in [4.69, 9.17) is 0 Å². The van der Waals surface area contributed by atoms with Crippen molar-refractivity contribution in [3.05, 3.63) is 18.2 Å². The summed E-state index contributed by atoms with van der Waals surface area (Å²) >= 11 is 0. The Hall–Kier alpha value is -0.880. The van der Waals surface area contributed by atoms with E-state index in [9.17, 15) is 8.42 Å². The molecule has 1 unspecified atom stereocenters. The van der Waals surface area contributed by atoms with Gasteiger partial charge in [0.15, 0.2) is 0 Å². The molecule has 0 amide bonds. The zero-order chi connectivity index (χ0) is 11.5. The first-order valence-corrected chi connectivity index (χ1v) is 6.52. The van der Waals surface area contributed by atoms with Crippen molar-refractivity contribution in [1.82, 2.24) is 14.7 Å². The van der Waals surface area contributed by atoms with E-state index < -0.39 is 15.3 Å². The summed E-state index contributed by atoms with van der Waals surface area (Å²) in [6.45, 7) is 5.21. The van der Waals surface area contributed by atoms with Crippen LogP contribution < -0.4 is 4.72 Å². The highest BCUT2D eigenvalue weighted by Gasteiger charge is 2.22. The van der Waals surface area contributed by atoms with Crippen LogP contribution in [0.3, 0.4) is 0 Å². The van der Waals surface area contributed by atoms with Gasteiger partial charge < -0.3 is 4.98 Å². The third kappa shape index (κ3) is 3.04. The third-order valence-electron chi connectivity index (χ3n) is 2.18. The summed E-state index contributed by atoms with van der Waals surface area (Å²) in [6, 6.07) is -0.271. The van der Waals surface area contributed by atoms with Crippen LogP contribution in [0.1, 0.15) is 39.1 Å². The first-order chi connectivity index (χ1) is 6.97. The van der Waals surface area contributed by atoms with Crippen LogP contribution in [0.4, 0.5) is 0 Å². The summed E-state index contributed by atoms with van der Waals surface area (Å²) in [7, 11) is -3.25. The van der Waals surface area contributed by atoms with Gasteiger partial charge in [0.05, 0.1) is 11.3 Å². The topological polar surface area (TPSA) is 74.8 Å². The lowest BCUT2D eigenvalue weighted by atomic mass is 10.2. The molecule has 5 nitrogen and oxygen atoms in total. The number of hydrogen-bond donors (Lipinski definition) is 2. The largest absolute Gasteiger partial charge is 0.347 e. The molecule has 0 aliphatic heterocycles. The van der Waals surface area contributed by atoms with Crippen molar-refractivity contribution >= 4 is 10.0 Å². The Bertz CT molecular complexity index is 383. The van der Waals surface area contributed by atoms with Crippen LogP contribution in [0.2, 0.25) is 0 Å². The molecule has 15 heavy (non-hydrogen) atoms. The van der Waals surface area contributed by atoms with Gasteiger partial charge in [-0.2, -0.15) is 0 Å². The number of sulfonamides is 1. The second kappa shape index (κ2) is 4.76. The quantitative estimate of drug-likeness (QED) is 0.799. The third-order valence-corrected chi connectivity index (χ3v) is 4.04. The molecule has 0 saturated heterocycles. The molecule has 86 valence electrons. The van der Waals surface area contributed by atoms with Crippen molar-refractivity contribution < 1.29 is 8.42 Å². The molecule has 1 aromatic rings. The molecule has 0 fully saturated rings. The molecule has 1 heterocycles. The predicted molar refractivity (Wildman–Crippen MR) is 58.8 cm³/mol. The van der Waals surface area contributed by atoms with Gasteiger partial charge in [-0.25, -0.2) is 18.1 Å². The van der Waals surface area contributed by atoms with Gasteiger partial charge in [-0.3, -0.25) is 0 Å². The van der Waals surface area contributed by atoms with Crippen molar-refractivity contribution in [1.29, 1.82) is 0 Å². The second-order valence-electron chi connectivity index (χ2n) is 3.65. The van der Waals surface area contributed by atoms with E-state index in [2.05, 4.69) is 14.7 Å². The predicted octanol–water partition coefficient (Wildman–Crippen LogP) is 1.19. The van der Waals surface area contributed by atoms with Gasteiger partial charge in [-0.05, 0) is 20.3 Å². The number of hydrogen-bond acceptors (Lipinski definition) is 3. The van der Waals surface area contributed by atoms with Gasteiger partial charge in [0.2, 0.25) is 10.0 Å². The van der Waals surface area contributed by atoms with E-state index >= 15 is 0 Å². The highest BCUT2D eigenvalue weighted by atomic mass is 32.2. The number of rotatable bonds is 5. The molecule has 0 spiro atoms. The standard InChI is InChI=1S/C9H17N3O2S/c1-4-8(9-10-5-6-11-9)12-15(13,14)7(2)3/h5-8,12H,4H2,1-3H3,(H,10,11). The first kappa shape index (κ1) is 12.2. The van der Waals surface area contributed by atoms with Gasteiger partial charge >= 0.3 is 0 Å². The summed E-state index contributed by atoms with van der Waals surface area (Å²) in [5, 5.41) is -0.429. The molecule has 0 aliphatic rings. The smallest absolute Gasteiger partial charge is 0.214 e. The Morgan fingerprint density at radius 1 is 1.53 bits per heavy atom. The molecule has 0 saturated carbocycles. The molecular formula is C9H17N3O2S. The Kier molecular flexibility index (Phi) is 3.87. The van der Waals surface area contributed by atoms with Crippen LogP contribution in [0.25, 0.3) is 0 Å². The second-order valence-corrected chi connectivity index (χ2v) is 5.92. The lowest BCUT2D eigenvalue weighted by Gasteiger charge is -2.16. The number of H-pyrrole nitrogens is 1. The maximum absolute atomic E-state index is 11.6. The number of aromatic amines is 1. The lowest BCUT2D eigenvalue weighted by Crippen LogP contribution is -2.34. The number of aromatic nitrogens is 2. The molecule has 0 aromatic carbocycles. The van der Waals surface area contributed by atoms with Crippen LogP contribution in [0.5, 0.6) is 0 Å². The molecule has 0 bridgehead atoms. The first-order valence-electron chi connectivity index (χ1n) is 4.97. The minimum absolute atomic E-state index is 0.271. The Labute approximate surface area is 90.4 Å². The molecule has 1 rings (SSSR count). The van der Waals surface area contributed by atoms with Crippen molar-refractivity contribution in [3.63, 3.8) is 0 Å². The van der Waals surface area contributed by atoms with E-state index in [1.54, 1.807) is 26.2 Å². The fourth-order valence-electron chi connectivity index (χ4n) is 1.13. The van der Waals surface area contributed by atoms with Gasteiger partial charge in [-0.1, -0.05) is 6.92 Å². The summed E-state index contributed by atoms with van der Waals surface area (Å²) in [4.78, 5) is 6.96. The van der Waals surface area contributed by atoms with Crippen LogP contribution in [-0.4, -0.2) is 23.6 Å². The molecule has 2 N–H and O–H groups in total. The molecule has 6 heteroatoms. The van der Waals surface area contributed by atoms with E-state index in [1.165, 1.54) is 0 Å². The summed E-state index contributed by atoms with van der Waals surface area (Å²) < 4.78 is 25.9. The zero-order valence-electron chi connectivity index (χ0n) is 9.19. The van der Waals surface area contributed by atoms with Crippen molar-refractivity contribution in [2.24, 2.45) is 0 Å². The fraction of sp³-hybridized carbons (Fsp3) is 0.667. The maximum atomic E-state index is 11.6. The Morgan fingerprint density at radius 3 is 2.60 bits per heavy atom. The molecule has 0 radical (unpaired) electrons. The average Bonchev–Trinajstić information content (AvgIpc) is 2.66. The van der Waals surface area contributed by atoms with Crippen molar-refractivity contribution in [2.75, 3.05) is 0 Å². The molecular weight excluding hydrogens is 214 g/mol. The minimum atomic E-state index is -3.25. The van der Waals surface area contributed by atoms with Gasteiger partial charge in [0.25, 0.3) is 0 Å². The SMILES string of the molecule is CCC(NS(=O)(=O)C(C)C)c1ncc[nH]1. The lowest BCUT2D eigenvalue weighted by molar-refractivity contribution is 0.532. The van der Waals surface area contributed by atoms with E-state index in [1.807, 2.05) is 6.92 Å². The highest BCUT2D eigenvalue weighted by molar-refractivity contribution is 7.90. The van der Waals surface area contributed by atoms with Crippen LogP contribution in [0, 0.1) is 0 Å². The van der Waals surface area contributed by atoms with Crippen LogP contribution in [0.15, 0.2) is 12.4 Å². The number of nitrogens with one attached hydrogen (secondary N) is 2. The van der Waals surface area contributed by atoms with E-state index in [0.717, 1.165) is 0 Å². The Balaban J connectivity index is 2.80. The number of nitrogens with zero attached hydrogens (tertiary/aromatic N) is 1. The van der Waals surface area contributed by atoms with Gasteiger partial charge in [-0.15, -0.1) is 0 Å². The molecule has 1 atom stereocenters. The maximum Gasteiger partial charge on any atom is 0.214 e. The highest BCUT2D eigenvalue weighted by Crippen LogP contribution is 2.14. The molecule has 1 aromatic heterocycles. The zero-order valence-corrected chi connectivity index (χ0v) is 10.0. The monoisotopic (exact) mass is 231 g/mol. The van der Waals surface area contributed by atoms with Crippen LogP contribution >= 0.6 is 0 Å².